The highest BCUT2D eigenvalue weighted by Gasteiger charge is 2.24. The van der Waals surface area contributed by atoms with Crippen LogP contribution in [0.2, 0.25) is 5.02 Å². The molecule has 2 rings (SSSR count). The predicted octanol–water partition coefficient (Wildman–Crippen LogP) is 4.17. The lowest BCUT2D eigenvalue weighted by Crippen LogP contribution is -2.45. The lowest BCUT2D eigenvalue weighted by Gasteiger charge is -2.35. The number of allylic oxidation sites excluding steroid dienone is 1. The second-order valence-corrected chi connectivity index (χ2v) is 5.98. The molecule has 0 saturated carbocycles. The van der Waals surface area contributed by atoms with Crippen LogP contribution in [0.15, 0.2) is 30.9 Å². The van der Waals surface area contributed by atoms with Crippen LogP contribution < -0.4 is 5.32 Å². The minimum absolute atomic E-state index is 0.121. The normalized spacial score (nSPS) is 17.6. The van der Waals surface area contributed by atoms with Crippen LogP contribution in [-0.2, 0) is 0 Å². The fourth-order valence-corrected chi connectivity index (χ4v) is 3.11. The molecule has 0 radical (unpaired) electrons. The van der Waals surface area contributed by atoms with E-state index in [1.165, 1.54) is 6.07 Å². The first-order chi connectivity index (χ1) is 10.2. The minimum atomic E-state index is -0.147. The Bertz CT molecular complexity index is 458. The van der Waals surface area contributed by atoms with E-state index in [4.69, 9.17) is 11.6 Å². The average Bonchev–Trinajstić information content (AvgIpc) is 2.51. The van der Waals surface area contributed by atoms with Crippen molar-refractivity contribution >= 4 is 11.6 Å². The van der Waals surface area contributed by atoms with Crippen LogP contribution in [0.3, 0.4) is 0 Å². The van der Waals surface area contributed by atoms with Crippen LogP contribution in [0.5, 0.6) is 0 Å². The molecule has 0 aromatic heterocycles. The third-order valence-electron chi connectivity index (χ3n) is 4.05. The molecule has 0 aliphatic carbocycles. The molecule has 0 unspecified atom stereocenters. The summed E-state index contributed by atoms with van der Waals surface area (Å²) >= 11 is 6.07. The molecule has 4 heteroatoms. The summed E-state index contributed by atoms with van der Waals surface area (Å²) in [6.07, 6.45) is 6.11. The zero-order valence-electron chi connectivity index (χ0n) is 12.5. The lowest BCUT2D eigenvalue weighted by molar-refractivity contribution is 0.160. The average molecular weight is 311 g/mol. The van der Waals surface area contributed by atoms with Gasteiger partial charge in [0.1, 0.15) is 5.82 Å². The Kier molecular flexibility index (Phi) is 6.68. The zero-order chi connectivity index (χ0) is 15.1. The van der Waals surface area contributed by atoms with Gasteiger partial charge in [0.25, 0.3) is 0 Å². The first-order valence-electron chi connectivity index (χ1n) is 7.73. The van der Waals surface area contributed by atoms with Crippen molar-refractivity contribution in [3.8, 4) is 0 Å². The third-order valence-corrected chi connectivity index (χ3v) is 4.28. The highest BCUT2D eigenvalue weighted by atomic mass is 35.5. The van der Waals surface area contributed by atoms with Crippen molar-refractivity contribution < 1.29 is 4.39 Å². The monoisotopic (exact) mass is 310 g/mol. The summed E-state index contributed by atoms with van der Waals surface area (Å²) in [6.45, 7) is 7.60. The van der Waals surface area contributed by atoms with Crippen LogP contribution >= 0.6 is 11.6 Å². The van der Waals surface area contributed by atoms with E-state index in [2.05, 4.69) is 16.8 Å². The summed E-state index contributed by atoms with van der Waals surface area (Å²) in [5, 5.41) is 3.96. The summed E-state index contributed by atoms with van der Waals surface area (Å²) in [5.41, 5.74) is 0.739. The maximum Gasteiger partial charge on any atom is 0.128 e. The summed E-state index contributed by atoms with van der Waals surface area (Å²) in [4.78, 5) is 2.37. The Labute approximate surface area is 132 Å². The maximum absolute atomic E-state index is 14.2. The first kappa shape index (κ1) is 16.5. The molecule has 1 fully saturated rings. The molecular weight excluding hydrogens is 287 g/mol. The van der Waals surface area contributed by atoms with Crippen LogP contribution in [-0.4, -0.2) is 31.1 Å². The molecule has 2 nitrogen and oxygen atoms in total. The zero-order valence-corrected chi connectivity index (χ0v) is 13.2. The molecule has 0 bridgehead atoms. The number of benzene rings is 1. The molecule has 1 atom stereocenters. The van der Waals surface area contributed by atoms with Crippen LogP contribution in [0, 0.1) is 5.82 Å². The molecular formula is C17H24ClFN2. The molecule has 21 heavy (non-hydrogen) atoms. The number of hydrogen-bond acceptors (Lipinski definition) is 2. The second-order valence-electron chi connectivity index (χ2n) is 5.54. The van der Waals surface area contributed by atoms with Crippen LogP contribution in [0.1, 0.15) is 37.3 Å². The van der Waals surface area contributed by atoms with E-state index in [1.807, 2.05) is 6.08 Å². The van der Waals surface area contributed by atoms with Gasteiger partial charge in [0.2, 0.25) is 0 Å². The number of rotatable bonds is 7. The SMILES string of the molecule is C=CCCCC[C@H](c1cc(Cl)ccc1F)N1CCNCC1. The lowest BCUT2D eigenvalue weighted by atomic mass is 9.97. The summed E-state index contributed by atoms with van der Waals surface area (Å²) in [5.74, 6) is -0.147. The van der Waals surface area contributed by atoms with E-state index in [1.54, 1.807) is 12.1 Å². The number of hydrogen-bond donors (Lipinski definition) is 1. The van der Waals surface area contributed by atoms with Gasteiger partial charge >= 0.3 is 0 Å². The maximum atomic E-state index is 14.2. The highest BCUT2D eigenvalue weighted by Crippen LogP contribution is 2.30. The fraction of sp³-hybridized carbons (Fsp3) is 0.529. The standard InChI is InChI=1S/C17H24ClFN2/c1-2-3-4-5-6-17(21-11-9-20-10-12-21)15-13-14(18)7-8-16(15)19/h2,7-8,13,17,20H,1,3-6,9-12H2/t17-/m1/s1. The van der Waals surface area contributed by atoms with Crippen LogP contribution in [0.4, 0.5) is 4.39 Å². The molecule has 1 heterocycles. The van der Waals surface area contributed by atoms with Crippen molar-refractivity contribution in [3.63, 3.8) is 0 Å². The van der Waals surface area contributed by atoms with Gasteiger partial charge in [-0.1, -0.05) is 24.1 Å². The molecule has 0 spiro atoms. The molecule has 116 valence electrons. The summed E-state index contributed by atoms with van der Waals surface area (Å²) < 4.78 is 14.2. The number of nitrogens with zero attached hydrogens (tertiary/aromatic N) is 1. The van der Waals surface area contributed by atoms with Crippen molar-refractivity contribution in [1.82, 2.24) is 10.2 Å². The predicted molar refractivity (Wildman–Crippen MR) is 87.3 cm³/mol. The topological polar surface area (TPSA) is 15.3 Å². The Morgan fingerprint density at radius 2 is 2.10 bits per heavy atom. The van der Waals surface area contributed by atoms with E-state index in [0.29, 0.717) is 5.02 Å². The molecule has 1 aromatic rings. The van der Waals surface area contributed by atoms with Gasteiger partial charge in [-0.3, -0.25) is 4.90 Å². The van der Waals surface area contributed by atoms with E-state index in [9.17, 15) is 4.39 Å². The molecule has 1 N–H and O–H groups in total. The van der Waals surface area contributed by atoms with Gasteiger partial charge in [0.15, 0.2) is 0 Å². The number of halogens is 2. The quantitative estimate of drug-likeness (QED) is 0.600. The Morgan fingerprint density at radius 1 is 1.33 bits per heavy atom. The smallest absolute Gasteiger partial charge is 0.128 e. The summed E-state index contributed by atoms with van der Waals surface area (Å²) in [7, 11) is 0. The fourth-order valence-electron chi connectivity index (χ4n) is 2.92. The Balaban J connectivity index is 2.13. The molecule has 1 aliphatic heterocycles. The molecule has 1 aliphatic rings. The largest absolute Gasteiger partial charge is 0.314 e. The summed E-state index contributed by atoms with van der Waals surface area (Å²) in [6, 6.07) is 5.01. The van der Waals surface area contributed by atoms with E-state index in [0.717, 1.165) is 57.4 Å². The van der Waals surface area contributed by atoms with Gasteiger partial charge in [-0.15, -0.1) is 6.58 Å². The van der Waals surface area contributed by atoms with Crippen molar-refractivity contribution in [2.75, 3.05) is 26.2 Å². The third kappa shape index (κ3) is 4.80. The minimum Gasteiger partial charge on any atom is -0.314 e. The molecule has 1 saturated heterocycles. The Morgan fingerprint density at radius 3 is 2.81 bits per heavy atom. The van der Waals surface area contributed by atoms with Gasteiger partial charge in [0.05, 0.1) is 0 Å². The van der Waals surface area contributed by atoms with Gasteiger partial charge in [0, 0.05) is 42.8 Å². The van der Waals surface area contributed by atoms with E-state index >= 15 is 0 Å². The first-order valence-corrected chi connectivity index (χ1v) is 8.11. The van der Waals surface area contributed by atoms with E-state index in [-0.39, 0.29) is 11.9 Å². The molecule has 1 aromatic carbocycles. The van der Waals surface area contributed by atoms with Gasteiger partial charge < -0.3 is 5.32 Å². The van der Waals surface area contributed by atoms with Crippen molar-refractivity contribution in [2.45, 2.75) is 31.7 Å². The van der Waals surface area contributed by atoms with Gasteiger partial charge in [-0.05, 0) is 37.5 Å². The van der Waals surface area contributed by atoms with E-state index < -0.39 is 0 Å². The second kappa shape index (κ2) is 8.52. The van der Waals surface area contributed by atoms with Crippen molar-refractivity contribution in [1.29, 1.82) is 0 Å². The Hall–Kier alpha value is -0.900. The van der Waals surface area contributed by atoms with Crippen LogP contribution in [0.25, 0.3) is 0 Å². The number of piperazine rings is 1. The number of unbranched alkanes of at least 4 members (excludes halogenated alkanes) is 2. The molecule has 0 amide bonds. The number of nitrogens with one attached hydrogen (secondary N) is 1. The van der Waals surface area contributed by atoms with Gasteiger partial charge in [-0.2, -0.15) is 0 Å². The van der Waals surface area contributed by atoms with Gasteiger partial charge in [-0.25, -0.2) is 4.39 Å². The van der Waals surface area contributed by atoms with Crippen molar-refractivity contribution in [2.24, 2.45) is 0 Å². The highest BCUT2D eigenvalue weighted by molar-refractivity contribution is 6.30. The van der Waals surface area contributed by atoms with Crippen molar-refractivity contribution in [3.05, 3.63) is 47.3 Å².